The maximum atomic E-state index is 13.2. The Hall–Kier alpha value is -4.94. The molecule has 5 aromatic carbocycles. The molecule has 0 aliphatic carbocycles. The largest absolute Gasteiger partial charge is 0.391 e. The van der Waals surface area contributed by atoms with Gasteiger partial charge in [0.05, 0.1) is 44.7 Å². The van der Waals surface area contributed by atoms with Gasteiger partial charge in [-0.2, -0.15) is 5.26 Å². The molecule has 1 N–H and O–H groups in total. The number of nitrogens with zero attached hydrogens (tertiary/aromatic N) is 6. The topological polar surface area (TPSA) is 146 Å². The molecule has 3 heterocycles. The van der Waals surface area contributed by atoms with E-state index in [1.54, 1.807) is 18.5 Å². The number of nitrogens with one attached hydrogen (secondary N) is 1. The first kappa shape index (κ1) is 47.5. The predicted molar refractivity (Wildman–Crippen MR) is 264 cm³/mol. The molecular weight excluding hydrogens is 866 g/mol. The zero-order valence-corrected chi connectivity index (χ0v) is 41.6. The first-order valence-corrected chi connectivity index (χ1v) is 25.8. The van der Waals surface area contributed by atoms with Gasteiger partial charge in [0.25, 0.3) is 14.4 Å². The fraction of sp³-hybridized carbons (Fsp3) is 0.431. The van der Waals surface area contributed by atoms with E-state index in [4.69, 9.17) is 27.6 Å². The Kier molecular flexibility index (Phi) is 13.9. The van der Waals surface area contributed by atoms with Crippen molar-refractivity contribution in [3.05, 3.63) is 109 Å². The monoisotopic (exact) mass is 927 g/mol. The van der Waals surface area contributed by atoms with E-state index < -0.39 is 35.5 Å². The minimum absolute atomic E-state index is 0.0971. The number of hydrogen-bond acceptors (Lipinski definition) is 11. The van der Waals surface area contributed by atoms with E-state index in [1.165, 1.54) is 38.6 Å². The minimum atomic E-state index is -3.24. The summed E-state index contributed by atoms with van der Waals surface area (Å²) < 4.78 is 39.5. The zero-order chi connectivity index (χ0) is 47.0. The van der Waals surface area contributed by atoms with Crippen LogP contribution in [0.1, 0.15) is 104 Å². The van der Waals surface area contributed by atoms with Crippen molar-refractivity contribution >= 4 is 72.3 Å². The van der Waals surface area contributed by atoms with Gasteiger partial charge in [0.15, 0.2) is 17.0 Å². The molecule has 15 heteroatoms. The van der Waals surface area contributed by atoms with Crippen molar-refractivity contribution < 1.29 is 27.4 Å². The second-order valence-corrected chi connectivity index (χ2v) is 25.9. The summed E-state index contributed by atoms with van der Waals surface area (Å²) in [5, 5.41) is 19.0. The highest BCUT2D eigenvalue weighted by molar-refractivity contribution is 7.44. The Morgan fingerprint density at radius 2 is 1.55 bits per heavy atom. The lowest BCUT2D eigenvalue weighted by atomic mass is 9.92. The number of aromatic nitrogens is 4. The van der Waals surface area contributed by atoms with E-state index in [-0.39, 0.29) is 47.7 Å². The fourth-order valence-corrected chi connectivity index (χ4v) is 16.4. The van der Waals surface area contributed by atoms with Crippen LogP contribution in [0.25, 0.3) is 43.5 Å². The van der Waals surface area contributed by atoms with Gasteiger partial charge in [0.1, 0.15) is 18.7 Å². The van der Waals surface area contributed by atoms with Crippen LogP contribution in [0.3, 0.4) is 0 Å². The molecule has 0 saturated carbocycles. The van der Waals surface area contributed by atoms with E-state index in [0.717, 1.165) is 5.56 Å². The van der Waals surface area contributed by atoms with Crippen LogP contribution in [0.15, 0.2) is 97.6 Å². The van der Waals surface area contributed by atoms with Gasteiger partial charge in [-0.3, -0.25) is 9.36 Å². The van der Waals surface area contributed by atoms with Crippen LogP contribution in [-0.4, -0.2) is 76.2 Å². The molecule has 13 nitrogen and oxygen atoms in total. The molecule has 66 heavy (non-hydrogen) atoms. The highest BCUT2D eigenvalue weighted by Gasteiger charge is 2.59. The third-order valence-electron chi connectivity index (χ3n) is 12.5. The van der Waals surface area contributed by atoms with Gasteiger partial charge >= 0.3 is 8.56 Å². The van der Waals surface area contributed by atoms with Crippen LogP contribution in [0.2, 0.25) is 10.1 Å². The van der Waals surface area contributed by atoms with Crippen LogP contribution in [0.5, 0.6) is 0 Å². The van der Waals surface area contributed by atoms with Crippen molar-refractivity contribution in [2.24, 2.45) is 0 Å². The quantitative estimate of drug-likeness (QED) is 0.0403. The van der Waals surface area contributed by atoms with E-state index in [0.29, 0.717) is 35.6 Å². The Labute approximate surface area is 390 Å². The summed E-state index contributed by atoms with van der Waals surface area (Å²) >= 11 is 0. The lowest BCUT2D eigenvalue weighted by Gasteiger charge is -2.49. The summed E-state index contributed by atoms with van der Waals surface area (Å²) in [4.78, 5) is 26.9. The van der Waals surface area contributed by atoms with Crippen LogP contribution in [0, 0.1) is 11.3 Å². The number of benzene rings is 5. The van der Waals surface area contributed by atoms with Crippen LogP contribution in [-0.2, 0) is 29.2 Å². The lowest BCUT2D eigenvalue weighted by Crippen LogP contribution is -2.58. The van der Waals surface area contributed by atoms with E-state index in [9.17, 15) is 10.1 Å². The number of fused-ring (bicyclic) bond motifs is 1. The molecular formula is C51H62N7O6PSi. The van der Waals surface area contributed by atoms with Gasteiger partial charge in [-0.1, -0.05) is 114 Å². The van der Waals surface area contributed by atoms with Gasteiger partial charge in [-0.05, 0) is 77.7 Å². The number of rotatable bonds is 17. The first-order chi connectivity index (χ1) is 31.5. The number of imidazole rings is 1. The fourth-order valence-electron chi connectivity index (χ4n) is 9.80. The van der Waals surface area contributed by atoms with Crippen LogP contribution < -0.4 is 5.32 Å². The van der Waals surface area contributed by atoms with Crippen molar-refractivity contribution in [3.63, 3.8) is 0 Å². The molecule has 0 radical (unpaired) electrons. The molecule has 4 atom stereocenters. The Bertz CT molecular complexity index is 2800. The number of nitriles is 1. The molecule has 346 valence electrons. The van der Waals surface area contributed by atoms with Gasteiger partial charge in [0.2, 0.25) is 0 Å². The van der Waals surface area contributed by atoms with Crippen LogP contribution in [0.4, 0.5) is 5.82 Å². The molecule has 0 bridgehead atoms. The second kappa shape index (κ2) is 19.3. The van der Waals surface area contributed by atoms with E-state index >= 15 is 0 Å². The number of carbonyl (C=O) groups excluding carboxylic acids is 1. The zero-order valence-electron chi connectivity index (χ0n) is 39.7. The van der Waals surface area contributed by atoms with Crippen molar-refractivity contribution in [1.82, 2.24) is 24.2 Å². The van der Waals surface area contributed by atoms with Gasteiger partial charge in [-0.15, -0.1) is 0 Å². The molecule has 8 rings (SSSR count). The maximum Gasteiger partial charge on any atom is 0.349 e. The van der Waals surface area contributed by atoms with Gasteiger partial charge in [-0.25, -0.2) is 19.6 Å². The third-order valence-corrected chi connectivity index (χ3v) is 19.7. The highest BCUT2D eigenvalue weighted by Crippen LogP contribution is 2.54. The Morgan fingerprint density at radius 1 is 0.879 bits per heavy atom. The van der Waals surface area contributed by atoms with Crippen molar-refractivity contribution in [2.75, 3.05) is 18.5 Å². The highest BCUT2D eigenvalue weighted by atomic mass is 31.2. The third kappa shape index (κ3) is 9.33. The number of anilines is 1. The predicted octanol–water partition coefficient (Wildman–Crippen LogP) is 12.2. The summed E-state index contributed by atoms with van der Waals surface area (Å²) in [6, 6.07) is 31.1. The Balaban J connectivity index is 1.12. The van der Waals surface area contributed by atoms with Gasteiger partial charge < -0.3 is 28.0 Å². The smallest absolute Gasteiger partial charge is 0.349 e. The number of amides is 1. The van der Waals surface area contributed by atoms with Crippen molar-refractivity contribution in [2.45, 2.75) is 129 Å². The Morgan fingerprint density at radius 3 is 2.21 bits per heavy atom. The van der Waals surface area contributed by atoms with Crippen LogP contribution >= 0.6 is 8.53 Å². The molecule has 1 aliphatic heterocycles. The molecule has 7 aromatic rings. The molecule has 1 unspecified atom stereocenters. The lowest BCUT2D eigenvalue weighted by molar-refractivity contribution is -0.0469. The second-order valence-electron chi connectivity index (χ2n) is 19.7. The molecule has 0 spiro atoms. The van der Waals surface area contributed by atoms with E-state index in [2.05, 4.69) is 150 Å². The molecule has 1 amide bonds. The summed E-state index contributed by atoms with van der Waals surface area (Å²) in [5.74, 6) is -0.00514. The number of hydrogen-bond donors (Lipinski definition) is 1. The molecule has 1 saturated heterocycles. The molecule has 1 aliphatic rings. The maximum absolute atomic E-state index is 13.2. The average Bonchev–Trinajstić information content (AvgIpc) is 3.89. The normalized spacial score (nSPS) is 17.8. The number of ether oxygens (including phenoxy) is 1. The van der Waals surface area contributed by atoms with Gasteiger partial charge in [0, 0.05) is 34.1 Å². The van der Waals surface area contributed by atoms with Crippen molar-refractivity contribution in [1.29, 1.82) is 5.26 Å². The summed E-state index contributed by atoms with van der Waals surface area (Å²) in [6.45, 7) is 22.6. The molecule has 2 aromatic heterocycles. The summed E-state index contributed by atoms with van der Waals surface area (Å²) in [5.41, 5.74) is 2.55. The standard InChI is InChI=1S/C51H62N7O6PSi/c1-33(2)58(34(3)4)65(60-27-15-26-52)64-41-28-43(57-32-55-46-47(53-31-54-48(46)57)56-49(59)38-16-12-11-13-17-38)63-42(41)30-62-66(50(5,6)7,51(8,9)10)61-29-39-23-22-37-21-20-35-18-14-19-36-24-25-40(39)45(37)44(35)36/h11-14,16-25,31-34,41-43H,15,27-30H2,1-10H3,(H,53,54,56,59)/t41-,42+,43+,65?/m0/s1. The van der Waals surface area contributed by atoms with E-state index in [1.807, 2.05) is 22.8 Å². The summed E-state index contributed by atoms with van der Waals surface area (Å²) in [6.07, 6.45) is 2.12. The SMILES string of the molecule is CC(C)N(C(C)C)P(OCCC#N)O[C@H]1C[C@H](n2cnc3c(NC(=O)c4ccccc4)ncnc32)O[C@@H]1CO[Si](OCc1ccc2ccc3cccc4ccc1c2c34)(C(C)(C)C)C(C)(C)C. The summed E-state index contributed by atoms with van der Waals surface area (Å²) in [7, 11) is -4.87. The van der Waals surface area contributed by atoms with Crippen molar-refractivity contribution in [3.8, 4) is 6.07 Å². The average molecular weight is 928 g/mol. The number of carbonyl (C=O) groups is 1. The minimum Gasteiger partial charge on any atom is -0.391 e. The first-order valence-electron chi connectivity index (χ1n) is 22.9. The molecule has 1 fully saturated rings.